The zero-order valence-corrected chi connectivity index (χ0v) is 13.7. The Hall–Kier alpha value is -2.95. The van der Waals surface area contributed by atoms with Gasteiger partial charge in [-0.15, -0.1) is 0 Å². The minimum Gasteiger partial charge on any atom is -0.467 e. The maximum atomic E-state index is 12.4. The Morgan fingerprint density at radius 3 is 2.38 bits per heavy atom. The van der Waals surface area contributed by atoms with E-state index in [1.54, 1.807) is 12.3 Å². The van der Waals surface area contributed by atoms with Crippen molar-refractivity contribution >= 4 is 6.03 Å². The smallest absolute Gasteiger partial charge is 0.316 e. The number of benzene rings is 1. The Labute approximate surface area is 140 Å². The number of carbonyl (C=O) groups excluding carboxylic acids is 1. The molecular formula is C19H20N2O3. The van der Waals surface area contributed by atoms with Gasteiger partial charge >= 0.3 is 6.03 Å². The molecule has 0 fully saturated rings. The van der Waals surface area contributed by atoms with E-state index in [0.29, 0.717) is 5.76 Å². The first-order valence-electron chi connectivity index (χ1n) is 7.85. The van der Waals surface area contributed by atoms with Gasteiger partial charge in [0, 0.05) is 0 Å². The van der Waals surface area contributed by atoms with E-state index in [1.165, 1.54) is 0 Å². The highest BCUT2D eigenvalue weighted by molar-refractivity contribution is 5.75. The average molecular weight is 324 g/mol. The lowest BCUT2D eigenvalue weighted by molar-refractivity contribution is 0.232. The number of aryl methyl sites for hydroxylation is 1. The number of hydrogen-bond donors (Lipinski definition) is 2. The molecule has 2 aromatic heterocycles. The highest BCUT2D eigenvalue weighted by Crippen LogP contribution is 2.22. The van der Waals surface area contributed by atoms with Crippen molar-refractivity contribution in [1.82, 2.24) is 10.6 Å². The Kier molecular flexibility index (Phi) is 4.70. The zero-order chi connectivity index (χ0) is 16.9. The molecule has 0 saturated heterocycles. The van der Waals surface area contributed by atoms with Crippen molar-refractivity contribution in [3.8, 4) is 0 Å². The topological polar surface area (TPSA) is 67.4 Å². The SMILES string of the molecule is Cc1ccc(C(C)NC(=O)NC(c2ccccc2)c2ccco2)o1. The third-order valence-electron chi connectivity index (χ3n) is 3.77. The molecule has 0 bridgehead atoms. The number of hydrogen-bond acceptors (Lipinski definition) is 3. The second-order valence-corrected chi connectivity index (χ2v) is 5.65. The summed E-state index contributed by atoms with van der Waals surface area (Å²) in [6.07, 6.45) is 1.60. The molecule has 5 nitrogen and oxygen atoms in total. The predicted octanol–water partition coefficient (Wildman–Crippen LogP) is 4.33. The van der Waals surface area contributed by atoms with Crippen LogP contribution in [0.2, 0.25) is 0 Å². The molecule has 24 heavy (non-hydrogen) atoms. The third kappa shape index (κ3) is 3.68. The van der Waals surface area contributed by atoms with Gasteiger partial charge in [-0.3, -0.25) is 0 Å². The van der Waals surface area contributed by atoms with Gasteiger partial charge in [0.15, 0.2) is 0 Å². The Balaban J connectivity index is 1.72. The van der Waals surface area contributed by atoms with Crippen molar-refractivity contribution in [3.05, 3.63) is 83.7 Å². The standard InChI is InChI=1S/C19H20N2O3/c1-13-10-11-16(24-13)14(2)20-19(22)21-18(17-9-6-12-23-17)15-7-4-3-5-8-15/h3-12,14,18H,1-2H3,(H2,20,21,22). The Morgan fingerprint density at radius 1 is 0.958 bits per heavy atom. The van der Waals surface area contributed by atoms with Crippen LogP contribution in [0, 0.1) is 6.92 Å². The van der Waals surface area contributed by atoms with Gasteiger partial charge in [-0.25, -0.2) is 4.79 Å². The van der Waals surface area contributed by atoms with E-state index in [-0.39, 0.29) is 18.1 Å². The van der Waals surface area contributed by atoms with E-state index >= 15 is 0 Å². The lowest BCUT2D eigenvalue weighted by atomic mass is 10.0. The van der Waals surface area contributed by atoms with E-state index in [9.17, 15) is 4.79 Å². The molecule has 2 unspecified atom stereocenters. The fraction of sp³-hybridized carbons (Fsp3) is 0.211. The van der Waals surface area contributed by atoms with E-state index in [1.807, 2.05) is 62.4 Å². The first-order chi connectivity index (χ1) is 11.6. The summed E-state index contributed by atoms with van der Waals surface area (Å²) in [7, 11) is 0. The summed E-state index contributed by atoms with van der Waals surface area (Å²) in [4.78, 5) is 12.4. The minimum absolute atomic E-state index is 0.230. The maximum Gasteiger partial charge on any atom is 0.316 e. The molecule has 2 atom stereocenters. The molecule has 0 aliphatic heterocycles. The number of furan rings is 2. The van der Waals surface area contributed by atoms with E-state index in [4.69, 9.17) is 8.83 Å². The lowest BCUT2D eigenvalue weighted by Crippen LogP contribution is -2.39. The van der Waals surface area contributed by atoms with E-state index in [2.05, 4.69) is 10.6 Å². The number of amides is 2. The molecule has 2 N–H and O–H groups in total. The van der Waals surface area contributed by atoms with Crippen LogP contribution in [0.4, 0.5) is 4.79 Å². The first-order valence-corrected chi connectivity index (χ1v) is 7.85. The molecule has 2 heterocycles. The van der Waals surface area contributed by atoms with Gasteiger partial charge in [-0.1, -0.05) is 30.3 Å². The molecule has 0 saturated carbocycles. The second-order valence-electron chi connectivity index (χ2n) is 5.65. The van der Waals surface area contributed by atoms with Crippen molar-refractivity contribution in [2.75, 3.05) is 0 Å². The molecule has 124 valence electrons. The lowest BCUT2D eigenvalue weighted by Gasteiger charge is -2.19. The van der Waals surface area contributed by atoms with Crippen LogP contribution in [0.25, 0.3) is 0 Å². The Bertz CT molecular complexity index is 778. The summed E-state index contributed by atoms with van der Waals surface area (Å²) in [5, 5.41) is 5.84. The molecule has 0 radical (unpaired) electrons. The first kappa shape index (κ1) is 15.9. The van der Waals surface area contributed by atoms with Crippen molar-refractivity contribution < 1.29 is 13.6 Å². The molecule has 3 aromatic rings. The van der Waals surface area contributed by atoms with Crippen molar-refractivity contribution in [1.29, 1.82) is 0 Å². The number of urea groups is 1. The molecule has 3 rings (SSSR count). The molecule has 0 aliphatic rings. The predicted molar refractivity (Wildman–Crippen MR) is 90.5 cm³/mol. The van der Waals surface area contributed by atoms with Crippen LogP contribution in [0.3, 0.4) is 0 Å². The van der Waals surface area contributed by atoms with Crippen LogP contribution in [0.5, 0.6) is 0 Å². The van der Waals surface area contributed by atoms with Crippen molar-refractivity contribution in [2.24, 2.45) is 0 Å². The van der Waals surface area contributed by atoms with Gasteiger partial charge in [0.25, 0.3) is 0 Å². The average Bonchev–Trinajstić information content (AvgIpc) is 3.25. The fourth-order valence-corrected chi connectivity index (χ4v) is 2.55. The number of nitrogens with one attached hydrogen (secondary N) is 2. The van der Waals surface area contributed by atoms with Gasteiger partial charge in [-0.05, 0) is 43.7 Å². The third-order valence-corrected chi connectivity index (χ3v) is 3.77. The quantitative estimate of drug-likeness (QED) is 0.734. The molecule has 2 amide bonds. The van der Waals surface area contributed by atoms with Gasteiger partial charge in [0.1, 0.15) is 23.3 Å². The van der Waals surface area contributed by atoms with Gasteiger partial charge < -0.3 is 19.5 Å². The fourth-order valence-electron chi connectivity index (χ4n) is 2.55. The summed E-state index contributed by atoms with van der Waals surface area (Å²) in [5.74, 6) is 2.21. The highest BCUT2D eigenvalue weighted by Gasteiger charge is 2.21. The van der Waals surface area contributed by atoms with Crippen LogP contribution in [0.1, 0.15) is 41.9 Å². The normalized spacial score (nSPS) is 13.2. The van der Waals surface area contributed by atoms with Crippen molar-refractivity contribution in [3.63, 3.8) is 0 Å². The van der Waals surface area contributed by atoms with E-state index in [0.717, 1.165) is 17.1 Å². The number of carbonyl (C=O) groups is 1. The van der Waals surface area contributed by atoms with Crippen LogP contribution < -0.4 is 10.6 Å². The van der Waals surface area contributed by atoms with Crippen LogP contribution in [-0.2, 0) is 0 Å². The van der Waals surface area contributed by atoms with Crippen LogP contribution >= 0.6 is 0 Å². The van der Waals surface area contributed by atoms with Crippen molar-refractivity contribution in [2.45, 2.75) is 25.9 Å². The molecule has 5 heteroatoms. The van der Waals surface area contributed by atoms with Gasteiger partial charge in [0.05, 0.1) is 12.3 Å². The monoisotopic (exact) mass is 324 g/mol. The summed E-state index contributed by atoms with van der Waals surface area (Å²) < 4.78 is 11.0. The summed E-state index contributed by atoms with van der Waals surface area (Å²) in [5.41, 5.74) is 0.948. The molecule has 0 spiro atoms. The van der Waals surface area contributed by atoms with Crippen LogP contribution in [-0.4, -0.2) is 6.03 Å². The van der Waals surface area contributed by atoms with Gasteiger partial charge in [0.2, 0.25) is 0 Å². The maximum absolute atomic E-state index is 12.4. The minimum atomic E-state index is -0.355. The number of rotatable bonds is 5. The molecule has 1 aromatic carbocycles. The highest BCUT2D eigenvalue weighted by atomic mass is 16.3. The summed E-state index contributed by atoms with van der Waals surface area (Å²) >= 11 is 0. The summed E-state index contributed by atoms with van der Waals surface area (Å²) in [6.45, 7) is 3.75. The van der Waals surface area contributed by atoms with Crippen LogP contribution in [0.15, 0.2) is 69.7 Å². The summed E-state index contributed by atoms with van der Waals surface area (Å²) in [6, 6.07) is 16.2. The zero-order valence-electron chi connectivity index (χ0n) is 13.7. The van der Waals surface area contributed by atoms with E-state index < -0.39 is 0 Å². The molecule has 0 aliphatic carbocycles. The molecular weight excluding hydrogens is 304 g/mol. The van der Waals surface area contributed by atoms with Gasteiger partial charge in [-0.2, -0.15) is 0 Å². The second kappa shape index (κ2) is 7.08. The Morgan fingerprint density at radius 2 is 1.75 bits per heavy atom. The largest absolute Gasteiger partial charge is 0.467 e.